The van der Waals surface area contributed by atoms with E-state index in [0.717, 1.165) is 23.7 Å². The molecule has 4 atom stereocenters. The molecular weight excluding hydrogens is 315 g/mol. The zero-order valence-corrected chi connectivity index (χ0v) is 15.6. The van der Waals surface area contributed by atoms with Gasteiger partial charge in [-0.1, -0.05) is 64.2 Å². The van der Waals surface area contributed by atoms with Crippen LogP contribution in [0.3, 0.4) is 0 Å². The van der Waals surface area contributed by atoms with E-state index in [1.807, 2.05) is 0 Å². The summed E-state index contributed by atoms with van der Waals surface area (Å²) in [5.41, 5.74) is 11.6. The first-order chi connectivity index (χ1) is 9.75. The smallest absolute Gasteiger partial charge is 0.00737 e. The van der Waals surface area contributed by atoms with Crippen molar-refractivity contribution in [1.82, 2.24) is 0 Å². The van der Waals surface area contributed by atoms with Crippen molar-refractivity contribution >= 4 is 24.8 Å². The Labute approximate surface area is 149 Å². The number of nitrogens with two attached hydrogens (primary N) is 2. The summed E-state index contributed by atoms with van der Waals surface area (Å²) in [5.74, 6) is 3.90. The summed E-state index contributed by atoms with van der Waals surface area (Å²) in [4.78, 5) is 0. The van der Waals surface area contributed by atoms with Gasteiger partial charge in [-0.2, -0.15) is 0 Å². The van der Waals surface area contributed by atoms with Crippen LogP contribution in [0.25, 0.3) is 0 Å². The molecule has 0 unspecified atom stereocenters. The van der Waals surface area contributed by atoms with Crippen LogP contribution in [0.4, 0.5) is 0 Å². The third kappa shape index (κ3) is 5.85. The van der Waals surface area contributed by atoms with E-state index in [1.54, 1.807) is 0 Å². The summed E-state index contributed by atoms with van der Waals surface area (Å²) in [6.45, 7) is 0. The third-order valence-corrected chi connectivity index (χ3v) is 6.29. The zero-order chi connectivity index (χ0) is 13.9. The van der Waals surface area contributed by atoms with Gasteiger partial charge in [-0.25, -0.2) is 0 Å². The lowest BCUT2D eigenvalue weighted by molar-refractivity contribution is 0.318. The topological polar surface area (TPSA) is 52.0 Å². The largest absolute Gasteiger partial charge is 0.327 e. The lowest BCUT2D eigenvalue weighted by Gasteiger charge is -2.20. The molecule has 0 aromatic heterocycles. The fourth-order valence-corrected chi connectivity index (χ4v) is 4.68. The van der Waals surface area contributed by atoms with E-state index in [1.165, 1.54) is 77.0 Å². The average molecular weight is 351 g/mol. The molecule has 4 aliphatic carbocycles. The molecule has 22 heavy (non-hydrogen) atoms. The van der Waals surface area contributed by atoms with E-state index in [4.69, 9.17) is 11.5 Å². The minimum atomic E-state index is 0. The quantitative estimate of drug-likeness (QED) is 0.759. The molecule has 4 heteroatoms. The molecule has 4 saturated carbocycles. The molecule has 0 saturated heterocycles. The molecule has 0 amide bonds. The van der Waals surface area contributed by atoms with Gasteiger partial charge in [-0.05, 0) is 36.5 Å². The highest BCUT2D eigenvalue weighted by molar-refractivity contribution is 5.85. The molecule has 0 radical (unpaired) electrons. The lowest BCUT2D eigenvalue weighted by Crippen LogP contribution is -2.13. The molecule has 4 fully saturated rings. The van der Waals surface area contributed by atoms with E-state index >= 15 is 0 Å². The molecule has 132 valence electrons. The summed E-state index contributed by atoms with van der Waals surface area (Å²) in [5, 5.41) is 0. The first-order valence-corrected chi connectivity index (χ1v) is 9.27. The van der Waals surface area contributed by atoms with Crippen LogP contribution in [-0.4, -0.2) is 12.1 Å². The Morgan fingerprint density at radius 3 is 1.00 bits per heavy atom. The predicted molar refractivity (Wildman–Crippen MR) is 99.8 cm³/mol. The van der Waals surface area contributed by atoms with Gasteiger partial charge in [0.1, 0.15) is 0 Å². The Morgan fingerprint density at radius 1 is 0.500 bits per heavy atom. The molecule has 0 spiro atoms. The standard InChI is InChI=1S/2C9H17N.2ClH/c2*10-9-6-8(9)7-4-2-1-3-5-7;;/h2*7-9H,1-6,10H2;2*1H/t2*8-,9+;;/m10../s1. The minimum Gasteiger partial charge on any atom is -0.327 e. The van der Waals surface area contributed by atoms with Crippen LogP contribution in [0, 0.1) is 23.7 Å². The van der Waals surface area contributed by atoms with Gasteiger partial charge in [0.2, 0.25) is 0 Å². The Hall–Kier alpha value is 0.500. The molecule has 0 heterocycles. The summed E-state index contributed by atoms with van der Waals surface area (Å²) >= 11 is 0. The fourth-order valence-electron chi connectivity index (χ4n) is 4.68. The second-order valence-corrected chi connectivity index (χ2v) is 7.92. The SMILES string of the molecule is Cl.Cl.N[C@@H]1C[C@H]1C1CCCCC1.N[C@H]1C[C@@H]1C1CCCCC1. The second-order valence-electron chi connectivity index (χ2n) is 7.92. The van der Waals surface area contributed by atoms with Crippen LogP contribution in [-0.2, 0) is 0 Å². The number of hydrogen-bond acceptors (Lipinski definition) is 2. The van der Waals surface area contributed by atoms with Gasteiger partial charge in [-0.15, -0.1) is 24.8 Å². The first-order valence-electron chi connectivity index (χ1n) is 9.27. The predicted octanol–water partition coefficient (Wildman–Crippen LogP) is 4.67. The normalized spacial score (nSPS) is 37.9. The van der Waals surface area contributed by atoms with Crippen LogP contribution in [0.1, 0.15) is 77.0 Å². The monoisotopic (exact) mass is 350 g/mol. The molecule has 0 aromatic rings. The Kier molecular flexibility index (Phi) is 9.07. The molecule has 0 bridgehead atoms. The van der Waals surface area contributed by atoms with E-state index in [-0.39, 0.29) is 24.8 Å². The van der Waals surface area contributed by atoms with E-state index in [9.17, 15) is 0 Å². The summed E-state index contributed by atoms with van der Waals surface area (Å²) in [6, 6.07) is 1.17. The minimum absolute atomic E-state index is 0. The van der Waals surface area contributed by atoms with E-state index < -0.39 is 0 Å². The highest BCUT2D eigenvalue weighted by Gasteiger charge is 2.40. The number of rotatable bonds is 2. The number of halogens is 2. The molecule has 0 aliphatic heterocycles. The van der Waals surface area contributed by atoms with Crippen molar-refractivity contribution in [2.24, 2.45) is 35.1 Å². The molecular formula is C18H36Cl2N2. The van der Waals surface area contributed by atoms with Crippen LogP contribution >= 0.6 is 24.8 Å². The highest BCUT2D eigenvalue weighted by Crippen LogP contribution is 2.43. The van der Waals surface area contributed by atoms with E-state index in [0.29, 0.717) is 12.1 Å². The fraction of sp³-hybridized carbons (Fsp3) is 1.00. The average Bonchev–Trinajstić information content (AvgIpc) is 3.40. The van der Waals surface area contributed by atoms with Crippen LogP contribution < -0.4 is 11.5 Å². The van der Waals surface area contributed by atoms with Crippen LogP contribution in [0.15, 0.2) is 0 Å². The van der Waals surface area contributed by atoms with Crippen molar-refractivity contribution in [1.29, 1.82) is 0 Å². The molecule has 0 aromatic carbocycles. The van der Waals surface area contributed by atoms with Gasteiger partial charge in [0.25, 0.3) is 0 Å². The van der Waals surface area contributed by atoms with Crippen molar-refractivity contribution in [2.45, 2.75) is 89.1 Å². The Morgan fingerprint density at radius 2 is 0.773 bits per heavy atom. The zero-order valence-electron chi connectivity index (χ0n) is 13.9. The summed E-state index contributed by atoms with van der Waals surface area (Å²) < 4.78 is 0. The van der Waals surface area contributed by atoms with Gasteiger partial charge < -0.3 is 11.5 Å². The molecule has 4 aliphatic rings. The van der Waals surface area contributed by atoms with Gasteiger partial charge >= 0.3 is 0 Å². The Balaban J connectivity index is 0.000000202. The van der Waals surface area contributed by atoms with Crippen LogP contribution in [0.5, 0.6) is 0 Å². The van der Waals surface area contributed by atoms with Crippen molar-refractivity contribution in [3.05, 3.63) is 0 Å². The summed E-state index contributed by atoms with van der Waals surface area (Å²) in [6.07, 6.45) is 17.3. The van der Waals surface area contributed by atoms with Gasteiger partial charge in [0, 0.05) is 12.1 Å². The molecule has 4 rings (SSSR count). The number of hydrogen-bond donors (Lipinski definition) is 2. The third-order valence-electron chi connectivity index (χ3n) is 6.29. The van der Waals surface area contributed by atoms with Crippen molar-refractivity contribution in [2.75, 3.05) is 0 Å². The molecule has 4 N–H and O–H groups in total. The Bertz CT molecular complexity index is 271. The van der Waals surface area contributed by atoms with Gasteiger partial charge in [0.05, 0.1) is 0 Å². The lowest BCUT2D eigenvalue weighted by atomic mass is 9.86. The maximum absolute atomic E-state index is 5.80. The van der Waals surface area contributed by atoms with Crippen molar-refractivity contribution < 1.29 is 0 Å². The van der Waals surface area contributed by atoms with Crippen LogP contribution in [0.2, 0.25) is 0 Å². The molecule has 2 nitrogen and oxygen atoms in total. The maximum atomic E-state index is 5.80. The van der Waals surface area contributed by atoms with E-state index in [2.05, 4.69) is 0 Å². The first kappa shape index (κ1) is 20.5. The maximum Gasteiger partial charge on any atom is 0.00737 e. The van der Waals surface area contributed by atoms with Gasteiger partial charge in [0.15, 0.2) is 0 Å². The van der Waals surface area contributed by atoms with Crippen molar-refractivity contribution in [3.63, 3.8) is 0 Å². The highest BCUT2D eigenvalue weighted by atomic mass is 35.5. The second kappa shape index (κ2) is 9.71. The summed E-state index contributed by atoms with van der Waals surface area (Å²) in [7, 11) is 0. The van der Waals surface area contributed by atoms with Crippen molar-refractivity contribution in [3.8, 4) is 0 Å². The van der Waals surface area contributed by atoms with Gasteiger partial charge in [-0.3, -0.25) is 0 Å².